The molecule has 1 aromatic heterocycles. The minimum Gasteiger partial charge on any atom is -0.325 e. The van der Waals surface area contributed by atoms with Crippen LogP contribution in [0.3, 0.4) is 0 Å². The van der Waals surface area contributed by atoms with Gasteiger partial charge in [-0.3, -0.25) is 19.2 Å². The molecule has 4 aromatic carbocycles. The van der Waals surface area contributed by atoms with Crippen molar-refractivity contribution >= 4 is 91.4 Å². The zero-order valence-electron chi connectivity index (χ0n) is 29.7. The van der Waals surface area contributed by atoms with Gasteiger partial charge in [-0.15, -0.1) is 0 Å². The third kappa shape index (κ3) is 10.6. The summed E-state index contributed by atoms with van der Waals surface area (Å²) in [6, 6.07) is 9.19. The van der Waals surface area contributed by atoms with Crippen molar-refractivity contribution in [2.45, 2.75) is 36.2 Å². The number of benzene rings is 4. The van der Waals surface area contributed by atoms with Crippen molar-refractivity contribution < 1.29 is 45.2 Å². The molecule has 6 rings (SSSR count). The lowest BCUT2D eigenvalue weighted by atomic mass is 10.0. The molecule has 21 heteroatoms. The van der Waals surface area contributed by atoms with Gasteiger partial charge in [-0.1, -0.05) is 23.1 Å². The first kappa shape index (κ1) is 42.9. The van der Waals surface area contributed by atoms with Crippen molar-refractivity contribution in [2.75, 3.05) is 23.9 Å². The number of nitrogens with zero attached hydrogens (tertiary/aromatic N) is 2. The maximum Gasteiger partial charge on any atom is 0.330 e. The molecule has 0 unspecified atom stereocenters. The van der Waals surface area contributed by atoms with Gasteiger partial charge in [0.15, 0.2) is 5.12 Å². The maximum atomic E-state index is 14.1. The molecule has 0 aliphatic carbocycles. The predicted octanol–water partition coefficient (Wildman–Crippen LogP) is 4.42. The second kappa shape index (κ2) is 17.5. The number of carbonyl (C=O) groups is 4. The normalized spacial score (nSPS) is 13.3. The van der Waals surface area contributed by atoms with Gasteiger partial charge in [0, 0.05) is 55.3 Å². The zero-order chi connectivity index (χ0) is 40.5. The van der Waals surface area contributed by atoms with Crippen molar-refractivity contribution in [3.8, 4) is 0 Å². The van der Waals surface area contributed by atoms with Crippen molar-refractivity contribution in [3.63, 3.8) is 0 Å². The molecule has 13 nitrogen and oxygen atoms in total. The Morgan fingerprint density at radius 2 is 1.30 bits per heavy atom. The number of rotatable bonds is 12. The molecule has 5 aromatic rings. The Hall–Kier alpha value is -5.22. The number of likely N-dealkylation sites (N-methyl/N-ethyl adjacent to an activating group) is 2. The molecule has 2 heterocycles. The summed E-state index contributed by atoms with van der Waals surface area (Å²) in [6.45, 7) is 0. The number of carbonyl (C=O) groups excluding carboxylic acids is 4. The van der Waals surface area contributed by atoms with Crippen molar-refractivity contribution in [2.24, 2.45) is 0 Å². The van der Waals surface area contributed by atoms with E-state index >= 15 is 0 Å². The van der Waals surface area contributed by atoms with E-state index in [1.165, 1.54) is 32.3 Å². The molecule has 300 valence electrons. The molecule has 2 atom stereocenters. The minimum absolute atomic E-state index is 0. The van der Waals surface area contributed by atoms with Crippen LogP contribution in [0.15, 0.2) is 82.5 Å². The Morgan fingerprint density at radius 3 is 1.89 bits per heavy atom. The molecule has 0 saturated heterocycles. The van der Waals surface area contributed by atoms with E-state index in [2.05, 4.69) is 10.3 Å². The van der Waals surface area contributed by atoms with Crippen LogP contribution in [0, 0.1) is 23.3 Å². The Morgan fingerprint density at radius 1 is 0.772 bits per heavy atom. The fourth-order valence-electron chi connectivity index (χ4n) is 6.03. The second-order valence-corrected chi connectivity index (χ2v) is 16.3. The van der Waals surface area contributed by atoms with Gasteiger partial charge in [0.05, 0.1) is 10.2 Å². The SMILES string of the molecule is CN(C(=O)[C@H](Cc1cc(F)cc(F)c1)NC(=O)NS(=O)(=O)N[C@@H](Cc1cc(F)cc(F)c1)C(=O)N(C)c1ccc2c(c1)CC(=O)S2)c1ccc2sc(=O)[nH]c2c1.S. The van der Waals surface area contributed by atoms with Crippen LogP contribution in [0.25, 0.3) is 10.2 Å². The quantitative estimate of drug-likeness (QED) is 0.133. The first-order chi connectivity index (χ1) is 26.4. The summed E-state index contributed by atoms with van der Waals surface area (Å²) in [5.41, 5.74) is 1.38. The molecular weight excluding hydrogens is 833 g/mol. The van der Waals surface area contributed by atoms with E-state index in [-0.39, 0.29) is 52.4 Å². The standard InChI is InChI=1S/C36H30F4N6O7S3.H2S/c1-45(25-3-5-30-20(13-25)14-32(47)54-30)34(49)29(12-19-9-23(39)16-24(40)10-19)43-56(52,53)44-35(50)41-28(11-18-7-21(37)15-22(38)8-18)33(48)46(2)26-4-6-31-27(17-26)42-36(51)55-31;/h3-10,13,15-17,28-29,43H,11-12,14H2,1-2H3,(H,42,51)(H2,41,44,50);1H2/t28-,29-;/m0./s1. The van der Waals surface area contributed by atoms with Crippen LogP contribution in [0.4, 0.5) is 33.7 Å². The molecule has 1 aliphatic heterocycles. The first-order valence-corrected chi connectivity index (χ1v) is 19.6. The van der Waals surface area contributed by atoms with E-state index in [0.717, 1.165) is 57.2 Å². The molecule has 1 aliphatic rings. The van der Waals surface area contributed by atoms with Gasteiger partial charge < -0.3 is 20.1 Å². The number of thioether (sulfide) groups is 1. The van der Waals surface area contributed by atoms with Crippen LogP contribution >= 0.6 is 36.6 Å². The molecule has 0 radical (unpaired) electrons. The first-order valence-electron chi connectivity index (χ1n) is 16.4. The number of urea groups is 1. The summed E-state index contributed by atoms with van der Waals surface area (Å²) < 4.78 is 87.7. The third-order valence-electron chi connectivity index (χ3n) is 8.59. The summed E-state index contributed by atoms with van der Waals surface area (Å²) in [7, 11) is -2.38. The van der Waals surface area contributed by atoms with Crippen molar-refractivity contribution in [1.82, 2.24) is 19.7 Å². The molecule has 0 fully saturated rings. The minimum atomic E-state index is -5.02. The van der Waals surface area contributed by atoms with Crippen molar-refractivity contribution in [3.05, 3.63) is 122 Å². The molecule has 0 spiro atoms. The van der Waals surface area contributed by atoms with E-state index in [9.17, 15) is 50.0 Å². The van der Waals surface area contributed by atoms with E-state index < -0.39 is 76.2 Å². The zero-order valence-corrected chi connectivity index (χ0v) is 33.1. The van der Waals surface area contributed by atoms with Gasteiger partial charge >= 0.3 is 21.1 Å². The smallest absolute Gasteiger partial charge is 0.325 e. The van der Waals surface area contributed by atoms with Crippen molar-refractivity contribution in [1.29, 1.82) is 0 Å². The molecule has 0 saturated carbocycles. The van der Waals surface area contributed by atoms with Crippen LogP contribution in [-0.2, 0) is 43.9 Å². The van der Waals surface area contributed by atoms with Gasteiger partial charge in [-0.25, -0.2) is 27.1 Å². The lowest BCUT2D eigenvalue weighted by molar-refractivity contribution is -0.120. The highest BCUT2D eigenvalue weighted by molar-refractivity contribution is 8.14. The van der Waals surface area contributed by atoms with E-state index in [1.807, 2.05) is 4.72 Å². The van der Waals surface area contributed by atoms with Crippen LogP contribution < -0.4 is 29.4 Å². The number of fused-ring (bicyclic) bond motifs is 2. The molecule has 4 N–H and O–H groups in total. The topological polar surface area (TPSA) is 178 Å². The van der Waals surface area contributed by atoms with Gasteiger partial charge in [-0.2, -0.15) is 26.6 Å². The van der Waals surface area contributed by atoms with E-state index in [1.54, 1.807) is 22.9 Å². The third-order valence-corrected chi connectivity index (χ3v) is 11.5. The summed E-state index contributed by atoms with van der Waals surface area (Å²) in [5.74, 6) is -5.72. The van der Waals surface area contributed by atoms with Gasteiger partial charge in [0.2, 0.25) is 11.8 Å². The van der Waals surface area contributed by atoms with Crippen LogP contribution in [0.1, 0.15) is 16.7 Å². The number of H-pyrrole nitrogens is 1. The Bertz CT molecular complexity index is 2530. The number of aromatic amines is 1. The summed E-state index contributed by atoms with van der Waals surface area (Å²) in [5, 5.41) is 2.10. The Labute approximate surface area is 337 Å². The lowest BCUT2D eigenvalue weighted by Gasteiger charge is -2.26. The highest BCUT2D eigenvalue weighted by atomic mass is 32.2. The fraction of sp³-hybridized carbons (Fsp3) is 0.194. The Balaban J connectivity index is 0.00000620. The number of hydrogen-bond donors (Lipinski definition) is 4. The summed E-state index contributed by atoms with van der Waals surface area (Å²) in [4.78, 5) is 69.8. The van der Waals surface area contributed by atoms with Gasteiger partial charge in [0.25, 0.3) is 0 Å². The lowest BCUT2D eigenvalue weighted by Crippen LogP contribution is -2.57. The highest BCUT2D eigenvalue weighted by Crippen LogP contribution is 2.35. The summed E-state index contributed by atoms with van der Waals surface area (Å²) >= 11 is 1.97. The van der Waals surface area contributed by atoms with Crippen LogP contribution in [-0.4, -0.2) is 62.5 Å². The number of amides is 4. The van der Waals surface area contributed by atoms with Gasteiger partial charge in [-0.05, 0) is 83.8 Å². The van der Waals surface area contributed by atoms with E-state index in [4.69, 9.17) is 0 Å². The number of hydrogen-bond acceptors (Lipinski definition) is 9. The molecular formula is C36H32F4N6O7S4. The van der Waals surface area contributed by atoms with Crippen LogP contribution in [0.5, 0.6) is 0 Å². The number of aromatic nitrogens is 1. The second-order valence-electron chi connectivity index (χ2n) is 12.7. The van der Waals surface area contributed by atoms with Gasteiger partial charge in [0.1, 0.15) is 35.4 Å². The molecule has 4 amide bonds. The number of anilines is 2. The largest absolute Gasteiger partial charge is 0.330 e. The molecule has 57 heavy (non-hydrogen) atoms. The molecule has 0 bridgehead atoms. The summed E-state index contributed by atoms with van der Waals surface area (Å²) in [6.07, 6.45) is -1.000. The highest BCUT2D eigenvalue weighted by Gasteiger charge is 2.32. The average molecular weight is 865 g/mol. The fourth-order valence-corrected chi connectivity index (χ4v) is 8.54. The number of halogens is 4. The number of nitrogens with one attached hydrogen (secondary N) is 4. The number of thiazole rings is 1. The van der Waals surface area contributed by atoms with E-state index in [0.29, 0.717) is 32.8 Å². The predicted molar refractivity (Wildman–Crippen MR) is 212 cm³/mol. The maximum absolute atomic E-state index is 14.1. The monoisotopic (exact) mass is 864 g/mol. The van der Waals surface area contributed by atoms with Crippen LogP contribution in [0.2, 0.25) is 0 Å². The Kier molecular flexibility index (Phi) is 13.2. The average Bonchev–Trinajstić information content (AvgIpc) is 3.67.